The Bertz CT molecular complexity index is 836. The van der Waals surface area contributed by atoms with Gasteiger partial charge in [0.2, 0.25) is 0 Å². The lowest BCUT2D eigenvalue weighted by atomic mass is 10.1. The molecular weight excluding hydrogens is 360 g/mol. The van der Waals surface area contributed by atoms with E-state index in [0.717, 1.165) is 11.1 Å². The second kappa shape index (κ2) is 13.5. The summed E-state index contributed by atoms with van der Waals surface area (Å²) in [6, 6.07) is 15.1. The average molecular weight is 397 g/mol. The monoisotopic (exact) mass is 396 g/mol. The van der Waals surface area contributed by atoms with E-state index in [-0.39, 0.29) is 0 Å². The fourth-order valence-corrected chi connectivity index (χ4v) is 3.01. The van der Waals surface area contributed by atoms with Gasteiger partial charge in [0.05, 0.1) is 11.3 Å². The molecule has 0 spiro atoms. The zero-order valence-corrected chi connectivity index (χ0v) is 18.6. The number of piperidine rings is 1. The third-order valence-corrected chi connectivity index (χ3v) is 4.40. The van der Waals surface area contributed by atoms with Crippen LogP contribution in [0.25, 0.3) is 16.6 Å². The van der Waals surface area contributed by atoms with E-state index in [1.807, 2.05) is 70.3 Å². The van der Waals surface area contributed by atoms with E-state index in [1.54, 1.807) is 16.8 Å². The summed E-state index contributed by atoms with van der Waals surface area (Å²) >= 11 is 0. The van der Waals surface area contributed by atoms with Crippen LogP contribution in [0.15, 0.2) is 54.7 Å². The van der Waals surface area contributed by atoms with Gasteiger partial charge < -0.3 is 10.6 Å². The van der Waals surface area contributed by atoms with Crippen molar-refractivity contribution in [2.75, 3.05) is 20.1 Å². The smallest absolute Gasteiger partial charge is 0.250 e. The lowest BCUT2D eigenvalue weighted by molar-refractivity contribution is 0.100. The summed E-state index contributed by atoms with van der Waals surface area (Å²) in [7, 11) is 2.19. The van der Waals surface area contributed by atoms with Gasteiger partial charge in [-0.3, -0.25) is 4.79 Å². The predicted molar refractivity (Wildman–Crippen MR) is 124 cm³/mol. The van der Waals surface area contributed by atoms with Crippen molar-refractivity contribution < 1.29 is 4.79 Å². The summed E-state index contributed by atoms with van der Waals surface area (Å²) < 4.78 is 1.75. The quantitative estimate of drug-likeness (QED) is 0.641. The maximum Gasteiger partial charge on any atom is 0.250 e. The van der Waals surface area contributed by atoms with Crippen molar-refractivity contribution in [3.8, 4) is 5.69 Å². The maximum atomic E-state index is 11.3. The minimum absolute atomic E-state index is 0.446. The number of rotatable bonds is 2. The molecule has 29 heavy (non-hydrogen) atoms. The first kappa shape index (κ1) is 24.4. The predicted octanol–water partition coefficient (Wildman–Crippen LogP) is 5.28. The number of benzene rings is 2. The Morgan fingerprint density at radius 3 is 2.03 bits per heavy atom. The van der Waals surface area contributed by atoms with Gasteiger partial charge in [-0.15, -0.1) is 0 Å². The third-order valence-electron chi connectivity index (χ3n) is 4.40. The van der Waals surface area contributed by atoms with E-state index in [2.05, 4.69) is 17.0 Å². The molecule has 0 bridgehead atoms. The fourth-order valence-electron chi connectivity index (χ4n) is 3.01. The van der Waals surface area contributed by atoms with Gasteiger partial charge in [0, 0.05) is 11.6 Å². The maximum absolute atomic E-state index is 11.3. The molecule has 2 N–H and O–H groups in total. The Hall–Kier alpha value is -2.66. The number of carbonyl (C=O) groups is 1. The van der Waals surface area contributed by atoms with E-state index in [0.29, 0.717) is 11.1 Å². The van der Waals surface area contributed by atoms with Crippen molar-refractivity contribution in [1.29, 1.82) is 0 Å². The van der Waals surface area contributed by atoms with Crippen LogP contribution in [-0.4, -0.2) is 40.7 Å². The highest BCUT2D eigenvalue weighted by Crippen LogP contribution is 2.19. The zero-order valence-electron chi connectivity index (χ0n) is 18.6. The third kappa shape index (κ3) is 7.35. The summed E-state index contributed by atoms with van der Waals surface area (Å²) in [5.74, 6) is -0.459. The SMILES string of the molecule is CC.CC.CN1CCCCC1.NC(=O)c1cccc2cn(-c3ccccc3)nc12. The number of primary amides is 1. The lowest BCUT2D eigenvalue weighted by Gasteiger charge is -2.20. The van der Waals surface area contributed by atoms with Crippen molar-refractivity contribution in [2.24, 2.45) is 5.73 Å². The Balaban J connectivity index is 0.000000321. The van der Waals surface area contributed by atoms with Gasteiger partial charge in [0.15, 0.2) is 0 Å². The minimum Gasteiger partial charge on any atom is -0.366 e. The van der Waals surface area contributed by atoms with Crippen LogP contribution in [0.4, 0.5) is 0 Å². The second-order valence-corrected chi connectivity index (χ2v) is 6.38. The van der Waals surface area contributed by atoms with Crippen molar-refractivity contribution >= 4 is 16.8 Å². The normalized spacial score (nSPS) is 13.1. The lowest BCUT2D eigenvalue weighted by Crippen LogP contribution is -2.24. The summed E-state index contributed by atoms with van der Waals surface area (Å²) in [6.45, 7) is 10.6. The number of aromatic nitrogens is 2. The van der Waals surface area contributed by atoms with Crippen molar-refractivity contribution in [1.82, 2.24) is 14.7 Å². The molecule has 2 heterocycles. The first-order valence-electron chi connectivity index (χ1n) is 10.7. The molecule has 0 radical (unpaired) electrons. The fraction of sp³-hybridized carbons (Fsp3) is 0.417. The highest BCUT2D eigenvalue weighted by molar-refractivity contribution is 6.04. The number of carbonyl (C=O) groups excluding carboxylic acids is 1. The van der Waals surface area contributed by atoms with Gasteiger partial charge in [0.25, 0.3) is 5.91 Å². The number of nitrogens with two attached hydrogens (primary N) is 1. The van der Waals surface area contributed by atoms with Crippen LogP contribution in [0.5, 0.6) is 0 Å². The van der Waals surface area contributed by atoms with E-state index in [4.69, 9.17) is 5.73 Å². The highest BCUT2D eigenvalue weighted by atomic mass is 16.1. The van der Waals surface area contributed by atoms with E-state index >= 15 is 0 Å². The molecule has 1 aliphatic heterocycles. The number of hydrogen-bond donors (Lipinski definition) is 1. The molecule has 1 aromatic heterocycles. The molecule has 4 rings (SSSR count). The molecule has 0 saturated carbocycles. The second-order valence-electron chi connectivity index (χ2n) is 6.38. The molecule has 3 aromatic rings. The largest absolute Gasteiger partial charge is 0.366 e. The Morgan fingerprint density at radius 2 is 1.52 bits per heavy atom. The molecule has 2 aromatic carbocycles. The molecule has 1 fully saturated rings. The number of hydrogen-bond acceptors (Lipinski definition) is 3. The molecule has 158 valence electrons. The number of likely N-dealkylation sites (tertiary alicyclic amines) is 1. The molecule has 0 atom stereocenters. The van der Waals surface area contributed by atoms with Crippen LogP contribution in [-0.2, 0) is 0 Å². The van der Waals surface area contributed by atoms with Crippen LogP contribution in [0.3, 0.4) is 0 Å². The van der Waals surface area contributed by atoms with Crippen LogP contribution in [0.1, 0.15) is 57.3 Å². The van der Waals surface area contributed by atoms with Gasteiger partial charge in [-0.1, -0.05) is 64.4 Å². The first-order valence-corrected chi connectivity index (χ1v) is 10.7. The molecule has 1 saturated heterocycles. The van der Waals surface area contributed by atoms with Crippen molar-refractivity contribution in [2.45, 2.75) is 47.0 Å². The number of amides is 1. The molecule has 5 heteroatoms. The van der Waals surface area contributed by atoms with Gasteiger partial charge in [-0.05, 0) is 51.2 Å². The topological polar surface area (TPSA) is 64.2 Å². The Kier molecular flexibility index (Phi) is 11.4. The van der Waals surface area contributed by atoms with Gasteiger partial charge in [0.1, 0.15) is 5.52 Å². The Labute approximate surface area is 175 Å². The average Bonchev–Trinajstić information content (AvgIpc) is 3.22. The van der Waals surface area contributed by atoms with Gasteiger partial charge >= 0.3 is 0 Å². The Morgan fingerprint density at radius 1 is 0.897 bits per heavy atom. The summed E-state index contributed by atoms with van der Waals surface area (Å²) in [5.41, 5.74) is 7.37. The zero-order chi connectivity index (χ0) is 21.6. The van der Waals surface area contributed by atoms with Crippen LogP contribution in [0, 0.1) is 0 Å². The van der Waals surface area contributed by atoms with E-state index in [1.165, 1.54) is 32.4 Å². The van der Waals surface area contributed by atoms with Crippen molar-refractivity contribution in [3.05, 3.63) is 60.3 Å². The summed E-state index contributed by atoms with van der Waals surface area (Å²) in [5, 5.41) is 5.32. The number of para-hydroxylation sites is 1. The molecular formula is C24H36N4O. The molecule has 1 aliphatic rings. The van der Waals surface area contributed by atoms with Crippen LogP contribution >= 0.6 is 0 Å². The molecule has 0 unspecified atom stereocenters. The van der Waals surface area contributed by atoms with E-state index < -0.39 is 5.91 Å². The summed E-state index contributed by atoms with van der Waals surface area (Å²) in [4.78, 5) is 13.7. The van der Waals surface area contributed by atoms with Crippen LogP contribution in [0.2, 0.25) is 0 Å². The molecule has 1 amide bonds. The first-order chi connectivity index (χ1) is 14.1. The number of fused-ring (bicyclic) bond motifs is 1. The standard InChI is InChI=1S/C14H11N3O.C6H13N.2C2H6/c15-14(18)12-8-4-5-10-9-17(16-13(10)12)11-6-2-1-3-7-11;1-7-5-3-2-4-6-7;2*1-2/h1-9H,(H2,15,18);2-6H2,1H3;2*1-2H3. The van der Waals surface area contributed by atoms with E-state index in [9.17, 15) is 4.79 Å². The van der Waals surface area contributed by atoms with Gasteiger partial charge in [-0.2, -0.15) is 5.10 Å². The molecule has 0 aliphatic carbocycles. The molecule has 5 nitrogen and oxygen atoms in total. The highest BCUT2D eigenvalue weighted by Gasteiger charge is 2.10. The summed E-state index contributed by atoms with van der Waals surface area (Å²) in [6.07, 6.45) is 6.16. The van der Waals surface area contributed by atoms with Crippen molar-refractivity contribution in [3.63, 3.8) is 0 Å². The number of nitrogens with zero attached hydrogens (tertiary/aromatic N) is 3. The van der Waals surface area contributed by atoms with Crippen LogP contribution < -0.4 is 5.73 Å². The minimum atomic E-state index is -0.459. The van der Waals surface area contributed by atoms with Gasteiger partial charge in [-0.25, -0.2) is 4.68 Å².